The molecule has 6 rings (SSSR count). The quantitative estimate of drug-likeness (QED) is 0.178. The van der Waals surface area contributed by atoms with Crippen molar-refractivity contribution in [2.45, 2.75) is 6.61 Å². The zero-order chi connectivity index (χ0) is 25.5. The van der Waals surface area contributed by atoms with Crippen LogP contribution in [-0.4, -0.2) is 24.1 Å². The monoisotopic (exact) mass is 594 g/mol. The molecule has 0 aliphatic heterocycles. The average Bonchev–Trinajstić information content (AvgIpc) is 3.69. The van der Waals surface area contributed by atoms with Gasteiger partial charge in [0.1, 0.15) is 6.61 Å². The lowest BCUT2D eigenvalue weighted by molar-refractivity contribution is 0.169. The minimum atomic E-state index is -0.276. The zero-order valence-electron chi connectivity index (χ0n) is 20.3. The number of ether oxygens (including phenoxy) is 1. The van der Waals surface area contributed by atoms with Crippen molar-refractivity contribution in [2.75, 3.05) is 18.8 Å². The summed E-state index contributed by atoms with van der Waals surface area (Å²) in [5.74, 6) is 0. The molecule has 2 heterocycles. The number of carbonyl (C=O) groups excluding carboxylic acids is 1. The van der Waals surface area contributed by atoms with Gasteiger partial charge in [-0.1, -0.05) is 30.3 Å². The van der Waals surface area contributed by atoms with Crippen LogP contribution in [0.15, 0.2) is 73.8 Å². The number of carbonyl (C=O) groups is 1. The molecule has 0 saturated heterocycles. The van der Waals surface area contributed by atoms with Gasteiger partial charge in [0.15, 0.2) is 0 Å². The number of thioether (sulfide) groups is 4. The maximum atomic E-state index is 12.9. The van der Waals surface area contributed by atoms with Crippen molar-refractivity contribution in [3.8, 4) is 20.9 Å². The van der Waals surface area contributed by atoms with Crippen LogP contribution >= 0.6 is 69.7 Å². The highest BCUT2D eigenvalue weighted by Crippen LogP contribution is 2.58. The van der Waals surface area contributed by atoms with Crippen LogP contribution in [0, 0.1) is 0 Å². The normalized spacial score (nSPS) is 14.2. The van der Waals surface area contributed by atoms with Crippen LogP contribution in [0.25, 0.3) is 32.0 Å². The lowest BCUT2D eigenvalue weighted by Gasteiger charge is -2.13. The van der Waals surface area contributed by atoms with E-state index >= 15 is 0 Å². The smallest absolute Gasteiger partial charge is 0.373 e. The van der Waals surface area contributed by atoms with Crippen molar-refractivity contribution >= 4 is 86.2 Å². The molecule has 0 bridgehead atoms. The van der Waals surface area contributed by atoms with Gasteiger partial charge in [0.05, 0.1) is 4.24 Å². The van der Waals surface area contributed by atoms with Gasteiger partial charge in [0.25, 0.3) is 0 Å². The van der Waals surface area contributed by atoms with E-state index in [1.807, 2.05) is 71.4 Å². The number of fused-ring (bicyclic) bond motifs is 6. The summed E-state index contributed by atoms with van der Waals surface area (Å²) in [7, 11) is 0. The van der Waals surface area contributed by atoms with E-state index in [1.54, 1.807) is 23.1 Å². The van der Waals surface area contributed by atoms with Gasteiger partial charge < -0.3 is 4.74 Å². The second-order valence-corrected chi connectivity index (χ2v) is 14.1. The third-order valence-corrected chi connectivity index (χ3v) is 12.4. The van der Waals surface area contributed by atoms with Crippen LogP contribution in [0.5, 0.6) is 0 Å². The summed E-state index contributed by atoms with van der Waals surface area (Å²) in [6, 6.07) is 19.0. The Morgan fingerprint density at radius 3 is 1.78 bits per heavy atom. The van der Waals surface area contributed by atoms with Gasteiger partial charge in [-0.25, -0.2) is 4.79 Å². The maximum Gasteiger partial charge on any atom is 0.373 e. The minimum Gasteiger partial charge on any atom is -0.452 e. The Balaban J connectivity index is 1.43. The molecule has 2 aliphatic rings. The van der Waals surface area contributed by atoms with Crippen molar-refractivity contribution in [1.29, 1.82) is 0 Å². The molecule has 2 aromatic heterocycles. The molecule has 0 saturated carbocycles. The van der Waals surface area contributed by atoms with Gasteiger partial charge >= 0.3 is 5.30 Å². The largest absolute Gasteiger partial charge is 0.452 e. The van der Waals surface area contributed by atoms with E-state index in [2.05, 4.69) is 47.5 Å². The van der Waals surface area contributed by atoms with E-state index in [4.69, 9.17) is 4.74 Å². The highest BCUT2D eigenvalue weighted by molar-refractivity contribution is 8.29. The van der Waals surface area contributed by atoms with Crippen molar-refractivity contribution in [2.24, 2.45) is 0 Å². The molecule has 0 atom stereocenters. The lowest BCUT2D eigenvalue weighted by atomic mass is 9.98. The van der Waals surface area contributed by atoms with Crippen molar-refractivity contribution in [3.63, 3.8) is 0 Å². The molecule has 4 aromatic rings. The molecule has 0 unspecified atom stereocenters. The number of hydrogen-bond acceptors (Lipinski definition) is 8. The summed E-state index contributed by atoms with van der Waals surface area (Å²) in [6.07, 6.45) is 6.36. The first-order valence-corrected chi connectivity index (χ1v) is 17.7. The zero-order valence-corrected chi connectivity index (χ0v) is 25.2. The fraction of sp³-hybridized carbons (Fsp3) is 0.138. The first-order chi connectivity index (χ1) is 18.1. The molecule has 186 valence electrons. The Kier molecular flexibility index (Phi) is 7.40. The SMILES string of the molecule is CSC(SC)=C1c2cc3c(cc2-c2sccc21)/C(=C(/SC)SC(=O)OCc1ccccc1)c1ccsc1-3. The van der Waals surface area contributed by atoms with E-state index in [9.17, 15) is 4.79 Å². The van der Waals surface area contributed by atoms with Gasteiger partial charge in [-0.2, -0.15) is 0 Å². The predicted octanol–water partition coefficient (Wildman–Crippen LogP) is 10.4. The van der Waals surface area contributed by atoms with Gasteiger partial charge in [-0.3, -0.25) is 0 Å². The Hall–Kier alpha value is -1.81. The number of benzene rings is 2. The first kappa shape index (κ1) is 25.5. The highest BCUT2D eigenvalue weighted by Gasteiger charge is 2.34. The van der Waals surface area contributed by atoms with Crippen LogP contribution in [0.3, 0.4) is 0 Å². The van der Waals surface area contributed by atoms with Crippen LogP contribution in [-0.2, 0) is 11.3 Å². The first-order valence-electron chi connectivity index (χ1n) is 11.5. The average molecular weight is 595 g/mol. The van der Waals surface area contributed by atoms with Crippen LogP contribution in [0.4, 0.5) is 4.79 Å². The fourth-order valence-corrected chi connectivity index (χ4v) is 9.79. The van der Waals surface area contributed by atoms with Crippen LogP contribution < -0.4 is 0 Å². The molecule has 2 nitrogen and oxygen atoms in total. The molecule has 0 radical (unpaired) electrons. The summed E-state index contributed by atoms with van der Waals surface area (Å²) in [5.41, 5.74) is 11.1. The standard InChI is InChI=1S/C29H22O2S6/c1-32-27(33-2)23-17-9-11-35-25(17)21-14-20-22(13-19(21)23)26-18(10-12-36-26)24(20)28(34-3)37-29(30)31-15-16-7-5-4-6-8-16/h4-14H,15H2,1-3H3/b28-24-. The molecule has 0 fully saturated rings. The van der Waals surface area contributed by atoms with Gasteiger partial charge in [0, 0.05) is 59.2 Å². The molecular weight excluding hydrogens is 573 g/mol. The predicted molar refractivity (Wildman–Crippen MR) is 170 cm³/mol. The number of thiophene rings is 2. The van der Waals surface area contributed by atoms with Gasteiger partial charge in [-0.05, 0) is 70.5 Å². The second kappa shape index (κ2) is 10.8. The Morgan fingerprint density at radius 2 is 1.24 bits per heavy atom. The molecule has 0 N–H and O–H groups in total. The van der Waals surface area contributed by atoms with Crippen molar-refractivity contribution < 1.29 is 9.53 Å². The highest BCUT2D eigenvalue weighted by atomic mass is 32.2. The third kappa shape index (κ3) is 4.45. The number of rotatable bonds is 6. The van der Waals surface area contributed by atoms with Gasteiger partial charge in [-0.15, -0.1) is 58.0 Å². The Bertz CT molecular complexity index is 1570. The molecule has 0 spiro atoms. The summed E-state index contributed by atoms with van der Waals surface area (Å²) in [5, 5.41) is 4.07. The topological polar surface area (TPSA) is 26.3 Å². The molecule has 37 heavy (non-hydrogen) atoms. The summed E-state index contributed by atoms with van der Waals surface area (Å²) < 4.78 is 7.95. The molecule has 2 aliphatic carbocycles. The third-order valence-electron chi connectivity index (χ3n) is 6.39. The Labute approximate surface area is 242 Å². The molecule has 2 aromatic carbocycles. The maximum absolute atomic E-state index is 12.9. The summed E-state index contributed by atoms with van der Waals surface area (Å²) in [6.45, 7) is 0.279. The fourth-order valence-electron chi connectivity index (χ4n) is 4.85. The lowest BCUT2D eigenvalue weighted by Crippen LogP contribution is -1.99. The second-order valence-electron chi connectivity index (χ2n) is 8.33. The minimum absolute atomic E-state index is 0.276. The molecular formula is C29H22O2S6. The Morgan fingerprint density at radius 1 is 0.703 bits per heavy atom. The van der Waals surface area contributed by atoms with E-state index < -0.39 is 0 Å². The van der Waals surface area contributed by atoms with Crippen molar-refractivity contribution in [3.05, 3.63) is 102 Å². The van der Waals surface area contributed by atoms with Gasteiger partial charge in [0.2, 0.25) is 0 Å². The summed E-state index contributed by atoms with van der Waals surface area (Å²) >= 11 is 10.0. The molecule has 0 amide bonds. The van der Waals surface area contributed by atoms with E-state index in [0.717, 1.165) is 15.4 Å². The van der Waals surface area contributed by atoms with Crippen molar-refractivity contribution in [1.82, 2.24) is 0 Å². The van der Waals surface area contributed by atoms with E-state index in [-0.39, 0.29) is 11.9 Å². The molecule has 8 heteroatoms. The van der Waals surface area contributed by atoms with Crippen LogP contribution in [0.2, 0.25) is 0 Å². The van der Waals surface area contributed by atoms with E-state index in [1.165, 1.54) is 64.7 Å². The van der Waals surface area contributed by atoms with E-state index in [0.29, 0.717) is 0 Å². The van der Waals surface area contributed by atoms with Crippen LogP contribution in [0.1, 0.15) is 27.8 Å². The number of hydrogen-bond donors (Lipinski definition) is 0. The summed E-state index contributed by atoms with van der Waals surface area (Å²) in [4.78, 5) is 15.5.